The average Bonchev–Trinajstić information content (AvgIpc) is 2.91. The lowest BCUT2D eigenvalue weighted by atomic mass is 10.2. The first-order valence-corrected chi connectivity index (χ1v) is 6.29. The van der Waals surface area contributed by atoms with E-state index >= 15 is 0 Å². The van der Waals surface area contributed by atoms with Crippen molar-refractivity contribution in [3.8, 4) is 0 Å². The number of carboxylic acids is 1. The zero-order chi connectivity index (χ0) is 15.1. The van der Waals surface area contributed by atoms with Crippen LogP contribution in [0, 0.1) is 0 Å². The van der Waals surface area contributed by atoms with Gasteiger partial charge in [-0.1, -0.05) is 12.1 Å². The Morgan fingerprint density at radius 2 is 2.14 bits per heavy atom. The van der Waals surface area contributed by atoms with Gasteiger partial charge in [-0.2, -0.15) is 5.10 Å². The molecule has 0 atom stereocenters. The molecule has 0 bridgehead atoms. The van der Waals surface area contributed by atoms with Crippen LogP contribution in [0.4, 0.5) is 5.69 Å². The molecule has 0 radical (unpaired) electrons. The van der Waals surface area contributed by atoms with Gasteiger partial charge < -0.3 is 15.2 Å². The minimum absolute atomic E-state index is 0.296. The number of hydrogen-bond donors (Lipinski definition) is 2. The number of benzene rings is 1. The molecule has 0 fully saturated rings. The van der Waals surface area contributed by atoms with Crippen molar-refractivity contribution in [1.82, 2.24) is 9.78 Å². The van der Waals surface area contributed by atoms with Gasteiger partial charge in [0.1, 0.15) is 13.2 Å². The monoisotopic (exact) mass is 289 g/mol. The van der Waals surface area contributed by atoms with Crippen molar-refractivity contribution in [1.29, 1.82) is 0 Å². The number of amides is 1. The maximum Gasteiger partial charge on any atom is 0.329 e. The van der Waals surface area contributed by atoms with E-state index in [2.05, 4.69) is 10.4 Å². The number of aliphatic carboxylic acids is 1. The molecule has 0 aliphatic carbocycles. The van der Waals surface area contributed by atoms with Gasteiger partial charge in [0, 0.05) is 18.1 Å². The van der Waals surface area contributed by atoms with Gasteiger partial charge in [0.25, 0.3) is 0 Å². The molecule has 0 unspecified atom stereocenters. The first-order chi connectivity index (χ1) is 10.1. The summed E-state index contributed by atoms with van der Waals surface area (Å²) in [4.78, 5) is 21.8. The number of ether oxygens (including phenoxy) is 1. The summed E-state index contributed by atoms with van der Waals surface area (Å²) in [6.45, 7) is -0.186. The van der Waals surface area contributed by atoms with Gasteiger partial charge in [0.15, 0.2) is 0 Å². The third-order valence-corrected chi connectivity index (χ3v) is 2.57. The van der Waals surface area contributed by atoms with Crippen LogP contribution in [0.5, 0.6) is 0 Å². The molecule has 2 N–H and O–H groups in total. The topological polar surface area (TPSA) is 93.5 Å². The molecule has 7 heteroatoms. The molecule has 1 aromatic heterocycles. The molecule has 21 heavy (non-hydrogen) atoms. The van der Waals surface area contributed by atoms with E-state index in [0.29, 0.717) is 12.2 Å². The van der Waals surface area contributed by atoms with Gasteiger partial charge in [-0.05, 0) is 23.8 Å². The number of hydrogen-bond acceptors (Lipinski definition) is 4. The summed E-state index contributed by atoms with van der Waals surface area (Å²) in [7, 11) is 0. The Morgan fingerprint density at radius 1 is 1.29 bits per heavy atom. The van der Waals surface area contributed by atoms with Gasteiger partial charge in [-0.3, -0.25) is 9.48 Å². The highest BCUT2D eigenvalue weighted by atomic mass is 16.5. The second kappa shape index (κ2) is 7.20. The first-order valence-electron chi connectivity index (χ1n) is 6.29. The molecule has 0 saturated heterocycles. The van der Waals surface area contributed by atoms with Crippen LogP contribution in [0.1, 0.15) is 5.56 Å². The molecule has 0 aliphatic heterocycles. The summed E-state index contributed by atoms with van der Waals surface area (Å²) >= 11 is 0. The molecular weight excluding hydrogens is 274 g/mol. The standard InChI is InChI=1S/C14H15N3O4/c18-13(9-21-10-14(19)20)16-12-4-1-3-11(7-12)8-17-6-2-5-15-17/h1-7H,8-10H2,(H,16,18)(H,19,20). The van der Waals surface area contributed by atoms with Crippen LogP contribution >= 0.6 is 0 Å². The molecule has 110 valence electrons. The van der Waals surface area contributed by atoms with Crippen LogP contribution in [-0.4, -0.2) is 40.0 Å². The van der Waals surface area contributed by atoms with Crippen LogP contribution < -0.4 is 5.32 Å². The van der Waals surface area contributed by atoms with E-state index in [9.17, 15) is 9.59 Å². The smallest absolute Gasteiger partial charge is 0.329 e. The number of anilines is 1. The lowest BCUT2D eigenvalue weighted by Crippen LogP contribution is -2.20. The van der Waals surface area contributed by atoms with Crippen LogP contribution in [0.2, 0.25) is 0 Å². The molecule has 0 saturated carbocycles. The fourth-order valence-corrected chi connectivity index (χ4v) is 1.76. The Kier molecular flexibility index (Phi) is 5.05. The molecule has 2 rings (SSSR count). The van der Waals surface area contributed by atoms with E-state index in [0.717, 1.165) is 5.56 Å². The van der Waals surface area contributed by atoms with Crippen molar-refractivity contribution in [3.63, 3.8) is 0 Å². The summed E-state index contributed by atoms with van der Waals surface area (Å²) in [5, 5.41) is 15.2. The first kappa shape index (κ1) is 14.7. The molecular formula is C14H15N3O4. The number of aromatic nitrogens is 2. The summed E-state index contributed by atoms with van der Waals surface area (Å²) in [6.07, 6.45) is 3.55. The average molecular weight is 289 g/mol. The van der Waals surface area contributed by atoms with Gasteiger partial charge in [0.2, 0.25) is 5.91 Å². The predicted octanol–water partition coefficient (Wildman–Crippen LogP) is 0.971. The van der Waals surface area contributed by atoms with Crippen molar-refractivity contribution in [2.24, 2.45) is 0 Å². The minimum atomic E-state index is -1.11. The summed E-state index contributed by atoms with van der Waals surface area (Å²) < 4.78 is 6.49. The molecule has 1 aromatic carbocycles. The minimum Gasteiger partial charge on any atom is -0.480 e. The third-order valence-electron chi connectivity index (χ3n) is 2.57. The fourth-order valence-electron chi connectivity index (χ4n) is 1.76. The van der Waals surface area contributed by atoms with Crippen LogP contribution in [0.15, 0.2) is 42.7 Å². The molecule has 0 aliphatic rings. The van der Waals surface area contributed by atoms with Crippen molar-refractivity contribution < 1.29 is 19.4 Å². The Labute approximate surface area is 121 Å². The second-order valence-electron chi connectivity index (χ2n) is 4.34. The number of carbonyl (C=O) groups excluding carboxylic acids is 1. The van der Waals surface area contributed by atoms with Crippen molar-refractivity contribution in [3.05, 3.63) is 48.3 Å². The van der Waals surface area contributed by atoms with Crippen LogP contribution in [-0.2, 0) is 20.9 Å². The molecule has 7 nitrogen and oxygen atoms in total. The highest BCUT2D eigenvalue weighted by Gasteiger charge is 2.05. The Bertz CT molecular complexity index is 610. The Morgan fingerprint density at radius 3 is 2.86 bits per heavy atom. The summed E-state index contributed by atoms with van der Waals surface area (Å²) in [6, 6.07) is 9.18. The highest BCUT2D eigenvalue weighted by Crippen LogP contribution is 2.11. The molecule has 1 heterocycles. The summed E-state index contributed by atoms with van der Waals surface area (Å²) in [5.74, 6) is -1.50. The highest BCUT2D eigenvalue weighted by molar-refractivity contribution is 5.91. The van der Waals surface area contributed by atoms with Crippen molar-refractivity contribution in [2.45, 2.75) is 6.54 Å². The number of nitrogens with one attached hydrogen (secondary N) is 1. The van der Waals surface area contributed by atoms with Crippen molar-refractivity contribution >= 4 is 17.6 Å². The van der Waals surface area contributed by atoms with Gasteiger partial charge >= 0.3 is 5.97 Å². The zero-order valence-electron chi connectivity index (χ0n) is 11.2. The van der Waals surface area contributed by atoms with Crippen LogP contribution in [0.25, 0.3) is 0 Å². The van der Waals surface area contributed by atoms with Gasteiger partial charge in [0.05, 0.1) is 6.54 Å². The molecule has 0 spiro atoms. The third kappa shape index (κ3) is 5.07. The SMILES string of the molecule is O=C(O)COCC(=O)Nc1cccc(Cn2cccn2)c1. The summed E-state index contributed by atoms with van der Waals surface area (Å²) in [5.41, 5.74) is 1.62. The van der Waals surface area contributed by atoms with E-state index in [1.165, 1.54) is 0 Å². The fraction of sp³-hybridized carbons (Fsp3) is 0.214. The van der Waals surface area contributed by atoms with E-state index in [1.807, 2.05) is 30.5 Å². The molecule has 2 aromatic rings. The predicted molar refractivity (Wildman–Crippen MR) is 74.9 cm³/mol. The number of carboxylic acid groups (broad SMARTS) is 1. The normalized spacial score (nSPS) is 10.3. The zero-order valence-corrected chi connectivity index (χ0v) is 11.2. The van der Waals surface area contributed by atoms with Gasteiger partial charge in [-0.25, -0.2) is 4.79 Å². The van der Waals surface area contributed by atoms with E-state index in [-0.39, 0.29) is 6.61 Å². The van der Waals surface area contributed by atoms with E-state index in [1.54, 1.807) is 16.9 Å². The maximum atomic E-state index is 11.6. The van der Waals surface area contributed by atoms with E-state index < -0.39 is 18.5 Å². The number of nitrogens with zero attached hydrogens (tertiary/aromatic N) is 2. The second-order valence-corrected chi connectivity index (χ2v) is 4.34. The maximum absolute atomic E-state index is 11.6. The van der Waals surface area contributed by atoms with Crippen molar-refractivity contribution in [2.75, 3.05) is 18.5 Å². The van der Waals surface area contributed by atoms with Crippen LogP contribution in [0.3, 0.4) is 0 Å². The van der Waals surface area contributed by atoms with E-state index in [4.69, 9.17) is 9.84 Å². The number of rotatable bonds is 7. The quantitative estimate of drug-likeness (QED) is 0.792. The lowest BCUT2D eigenvalue weighted by molar-refractivity contribution is -0.143. The Hall–Kier alpha value is -2.67. The van der Waals surface area contributed by atoms with Gasteiger partial charge in [-0.15, -0.1) is 0 Å². The number of carbonyl (C=O) groups is 2. The largest absolute Gasteiger partial charge is 0.480 e. The Balaban J connectivity index is 1.88. The lowest BCUT2D eigenvalue weighted by Gasteiger charge is -2.08. The molecule has 1 amide bonds.